The summed E-state index contributed by atoms with van der Waals surface area (Å²) in [5.41, 5.74) is -0.667. The van der Waals surface area contributed by atoms with Gasteiger partial charge in [-0.25, -0.2) is 0 Å². The van der Waals surface area contributed by atoms with Gasteiger partial charge in [-0.1, -0.05) is 34.6 Å². The number of carbonyl (C=O) groups is 1. The fraction of sp³-hybridized carbons (Fsp3) is 0.812. The van der Waals surface area contributed by atoms with Crippen molar-refractivity contribution in [2.24, 2.45) is 11.3 Å². The first-order valence-electron chi connectivity index (χ1n) is 7.97. The lowest BCUT2D eigenvalue weighted by Gasteiger charge is -2.30. The topological polar surface area (TPSA) is 68.5 Å². The predicted octanol–water partition coefficient (Wildman–Crippen LogP) is 2.78. The minimum absolute atomic E-state index is 0.118. The molecule has 6 heteroatoms. The fourth-order valence-corrected chi connectivity index (χ4v) is 2.80. The second-order valence-electron chi connectivity index (χ2n) is 7.35. The van der Waals surface area contributed by atoms with Gasteiger partial charge in [0, 0.05) is 18.5 Å². The summed E-state index contributed by atoms with van der Waals surface area (Å²) in [6, 6.07) is 0. The van der Waals surface area contributed by atoms with E-state index in [1.807, 2.05) is 32.6 Å². The van der Waals surface area contributed by atoms with Crippen molar-refractivity contribution in [3.63, 3.8) is 0 Å². The molecule has 1 aliphatic heterocycles. The molecule has 124 valence electrons. The number of carbonyl (C=O) groups excluding carboxylic acids is 1. The zero-order valence-electron chi connectivity index (χ0n) is 14.5. The van der Waals surface area contributed by atoms with Crippen LogP contribution in [0.15, 0.2) is 4.52 Å². The Balaban J connectivity index is 2.20. The number of ether oxygens (including phenoxy) is 1. The molecule has 0 aromatic carbocycles. The Bertz CT molecular complexity index is 533. The van der Waals surface area contributed by atoms with Crippen molar-refractivity contribution in [1.82, 2.24) is 10.1 Å². The lowest BCUT2D eigenvalue weighted by atomic mass is 9.76. The molecule has 6 nitrogen and oxygen atoms in total. The van der Waals surface area contributed by atoms with Gasteiger partial charge in [0.15, 0.2) is 0 Å². The van der Waals surface area contributed by atoms with Gasteiger partial charge >= 0.3 is 5.97 Å². The van der Waals surface area contributed by atoms with Crippen molar-refractivity contribution in [1.29, 1.82) is 0 Å². The van der Waals surface area contributed by atoms with Crippen molar-refractivity contribution < 1.29 is 14.1 Å². The van der Waals surface area contributed by atoms with Gasteiger partial charge in [-0.15, -0.1) is 0 Å². The van der Waals surface area contributed by atoms with E-state index in [4.69, 9.17) is 9.26 Å². The summed E-state index contributed by atoms with van der Waals surface area (Å²) in [5, 5.41) is 4.08. The van der Waals surface area contributed by atoms with Crippen LogP contribution in [-0.4, -0.2) is 35.8 Å². The third-order valence-electron chi connectivity index (χ3n) is 4.43. The molecule has 2 rings (SSSR count). The van der Waals surface area contributed by atoms with Crippen LogP contribution in [0.2, 0.25) is 0 Å². The first kappa shape index (κ1) is 16.8. The lowest BCUT2D eigenvalue weighted by Crippen LogP contribution is -2.40. The molecule has 0 aliphatic carbocycles. The van der Waals surface area contributed by atoms with Crippen LogP contribution in [0, 0.1) is 11.3 Å². The van der Waals surface area contributed by atoms with E-state index in [2.05, 4.69) is 24.0 Å². The predicted molar refractivity (Wildman–Crippen MR) is 83.7 cm³/mol. The monoisotopic (exact) mass is 309 g/mol. The highest BCUT2D eigenvalue weighted by Crippen LogP contribution is 2.40. The number of esters is 1. The molecule has 22 heavy (non-hydrogen) atoms. The van der Waals surface area contributed by atoms with Crippen molar-refractivity contribution in [2.75, 3.05) is 24.6 Å². The minimum Gasteiger partial charge on any atom is -0.466 e. The van der Waals surface area contributed by atoms with Gasteiger partial charge in [0.2, 0.25) is 5.89 Å². The molecule has 1 atom stereocenters. The third-order valence-corrected chi connectivity index (χ3v) is 4.43. The molecule has 0 spiro atoms. The molecule has 1 aromatic heterocycles. The van der Waals surface area contributed by atoms with Gasteiger partial charge in [0.05, 0.1) is 12.0 Å². The van der Waals surface area contributed by atoms with Gasteiger partial charge < -0.3 is 14.2 Å². The Hall–Kier alpha value is -1.59. The van der Waals surface area contributed by atoms with Crippen LogP contribution in [-0.2, 0) is 14.9 Å². The molecule has 1 saturated heterocycles. The zero-order chi connectivity index (χ0) is 16.5. The van der Waals surface area contributed by atoms with E-state index in [0.29, 0.717) is 25.0 Å². The first-order chi connectivity index (χ1) is 10.2. The summed E-state index contributed by atoms with van der Waals surface area (Å²) >= 11 is 0. The average molecular weight is 309 g/mol. The number of anilines is 1. The van der Waals surface area contributed by atoms with Crippen LogP contribution in [0.1, 0.15) is 53.9 Å². The van der Waals surface area contributed by atoms with Crippen LogP contribution in [0.25, 0.3) is 0 Å². The van der Waals surface area contributed by atoms with Gasteiger partial charge in [-0.2, -0.15) is 4.98 Å². The second-order valence-corrected chi connectivity index (χ2v) is 7.35. The number of aromatic nitrogens is 2. The van der Waals surface area contributed by atoms with Crippen molar-refractivity contribution in [3.8, 4) is 0 Å². The van der Waals surface area contributed by atoms with Crippen LogP contribution < -0.4 is 4.90 Å². The van der Waals surface area contributed by atoms with Crippen LogP contribution in [0.4, 0.5) is 5.95 Å². The molecular formula is C16H27N3O3. The Labute approximate surface area is 132 Å². The van der Waals surface area contributed by atoms with Crippen molar-refractivity contribution in [2.45, 2.75) is 53.4 Å². The van der Waals surface area contributed by atoms with Gasteiger partial charge in [0.1, 0.15) is 0 Å². The lowest BCUT2D eigenvalue weighted by molar-refractivity contribution is -0.156. The van der Waals surface area contributed by atoms with E-state index in [1.54, 1.807) is 0 Å². The molecule has 0 N–H and O–H groups in total. The highest BCUT2D eigenvalue weighted by atomic mass is 16.5. The average Bonchev–Trinajstić information content (AvgIpc) is 3.06. The van der Waals surface area contributed by atoms with E-state index >= 15 is 0 Å². The standard InChI is InChI=1S/C16H27N3O3/c1-7-21-13(20)16(11(2)3)8-9-19(10-16)14-17-12(22-18-14)15(4,5)6/h11H,7-10H2,1-6H3. The minimum atomic E-state index is -0.488. The maximum absolute atomic E-state index is 12.4. The normalized spacial score (nSPS) is 22.4. The molecule has 0 amide bonds. The van der Waals surface area contributed by atoms with Gasteiger partial charge in [0.25, 0.3) is 5.95 Å². The quantitative estimate of drug-likeness (QED) is 0.797. The van der Waals surface area contributed by atoms with E-state index < -0.39 is 5.41 Å². The van der Waals surface area contributed by atoms with E-state index in [9.17, 15) is 4.79 Å². The highest BCUT2D eigenvalue weighted by molar-refractivity contribution is 5.79. The number of hydrogen-bond acceptors (Lipinski definition) is 6. The summed E-state index contributed by atoms with van der Waals surface area (Å²) in [7, 11) is 0. The maximum Gasteiger partial charge on any atom is 0.314 e. The zero-order valence-corrected chi connectivity index (χ0v) is 14.5. The largest absolute Gasteiger partial charge is 0.466 e. The Morgan fingerprint density at radius 1 is 1.45 bits per heavy atom. The number of rotatable bonds is 4. The Morgan fingerprint density at radius 2 is 2.14 bits per heavy atom. The van der Waals surface area contributed by atoms with Crippen LogP contribution >= 0.6 is 0 Å². The molecule has 1 fully saturated rings. The van der Waals surface area contributed by atoms with Crippen molar-refractivity contribution >= 4 is 11.9 Å². The van der Waals surface area contributed by atoms with Crippen LogP contribution in [0.5, 0.6) is 0 Å². The summed E-state index contributed by atoms with van der Waals surface area (Å²) in [5.74, 6) is 1.26. The highest BCUT2D eigenvalue weighted by Gasteiger charge is 2.49. The molecule has 1 unspecified atom stereocenters. The molecular weight excluding hydrogens is 282 g/mol. The van der Waals surface area contributed by atoms with E-state index in [1.165, 1.54) is 0 Å². The summed E-state index contributed by atoms with van der Waals surface area (Å²) < 4.78 is 10.7. The fourth-order valence-electron chi connectivity index (χ4n) is 2.80. The summed E-state index contributed by atoms with van der Waals surface area (Å²) in [4.78, 5) is 19.0. The van der Waals surface area contributed by atoms with Gasteiger partial charge in [-0.3, -0.25) is 4.79 Å². The Kier molecular flexibility index (Phi) is 4.49. The summed E-state index contributed by atoms with van der Waals surface area (Å²) in [6.07, 6.45) is 0.753. The van der Waals surface area contributed by atoms with E-state index in [0.717, 1.165) is 13.0 Å². The molecule has 0 bridgehead atoms. The summed E-state index contributed by atoms with van der Waals surface area (Å²) in [6.45, 7) is 13.8. The number of hydrogen-bond donors (Lipinski definition) is 0. The smallest absolute Gasteiger partial charge is 0.314 e. The third kappa shape index (κ3) is 2.96. The first-order valence-corrected chi connectivity index (χ1v) is 7.97. The van der Waals surface area contributed by atoms with E-state index in [-0.39, 0.29) is 17.3 Å². The van der Waals surface area contributed by atoms with Crippen LogP contribution in [0.3, 0.4) is 0 Å². The second kappa shape index (κ2) is 5.89. The molecule has 1 aliphatic rings. The van der Waals surface area contributed by atoms with Gasteiger partial charge in [-0.05, 0) is 24.4 Å². The Morgan fingerprint density at radius 3 is 2.64 bits per heavy atom. The maximum atomic E-state index is 12.4. The molecule has 1 aromatic rings. The molecule has 0 saturated carbocycles. The van der Waals surface area contributed by atoms with Crippen molar-refractivity contribution in [3.05, 3.63) is 5.89 Å². The number of nitrogens with zero attached hydrogens (tertiary/aromatic N) is 3. The molecule has 2 heterocycles. The molecule has 0 radical (unpaired) electrons. The SMILES string of the molecule is CCOC(=O)C1(C(C)C)CCN(c2noc(C(C)(C)C)n2)C1.